The molecule has 354 valence electrons. The van der Waals surface area contributed by atoms with Crippen LogP contribution in [0.1, 0.15) is 52.7 Å². The number of aromatic nitrogens is 3. The Morgan fingerprint density at radius 2 is 0.730 bits per heavy atom. The molecule has 0 saturated carbocycles. The van der Waals surface area contributed by atoms with Crippen molar-refractivity contribution in [2.75, 3.05) is 9.80 Å². The van der Waals surface area contributed by atoms with Crippen molar-refractivity contribution in [1.82, 2.24) is 13.8 Å². The van der Waals surface area contributed by atoms with Gasteiger partial charge in [-0.3, -0.25) is 4.40 Å². The summed E-state index contributed by atoms with van der Waals surface area (Å²) in [5.74, 6) is 0. The predicted octanol–water partition coefficient (Wildman–Crippen LogP) is 19.2. The van der Waals surface area contributed by atoms with Gasteiger partial charge in [0.25, 0.3) is 0 Å². The second kappa shape index (κ2) is 15.3. The van der Waals surface area contributed by atoms with Crippen molar-refractivity contribution in [2.45, 2.75) is 52.4 Å². The second-order valence-electron chi connectivity index (χ2n) is 22.4. The van der Waals surface area contributed by atoms with Gasteiger partial charge in [0, 0.05) is 60.5 Å². The lowest BCUT2D eigenvalue weighted by Gasteiger charge is -2.29. The monoisotopic (exact) mass is 951 g/mol. The zero-order chi connectivity index (χ0) is 49.8. The van der Waals surface area contributed by atoms with Gasteiger partial charge in [0.05, 0.1) is 44.5 Å². The van der Waals surface area contributed by atoms with Gasteiger partial charge in [-0.1, -0.05) is 163 Å². The first-order valence-corrected chi connectivity index (χ1v) is 26.0. The topological polar surface area (TPSA) is 28.2 Å². The zero-order valence-corrected chi connectivity index (χ0v) is 42.4. The van der Waals surface area contributed by atoms with E-state index in [0.717, 1.165) is 61.7 Å². The standard InChI is InChI=1S/C69H53N5/c1-68(2,3)44-37-54-52-35-43-24-20-22-34-51(43)61-62-57(73(66(52)61)63(54)58(39-44)71(46-25-11-7-12-26-46)47-27-13-8-14-28-47)41-55-53-36-42-23-19-21-33-50(42)60-56-38-45(69(4,5)6)40-59(64(56)74(65(53)60)67(55)70-62)72(48-29-15-9-16-30-48)49-31-17-10-18-32-49/h7-41H,1-6H3. The molecule has 0 aliphatic heterocycles. The molecule has 0 amide bonds. The Kier molecular flexibility index (Phi) is 8.83. The minimum absolute atomic E-state index is 0.124. The van der Waals surface area contributed by atoms with Crippen LogP contribution in [0, 0.1) is 0 Å². The Morgan fingerprint density at radius 3 is 1.22 bits per heavy atom. The summed E-state index contributed by atoms with van der Waals surface area (Å²) < 4.78 is 5.11. The van der Waals surface area contributed by atoms with E-state index in [1.54, 1.807) is 0 Å². The third kappa shape index (κ3) is 6.01. The lowest BCUT2D eigenvalue weighted by molar-refractivity contribution is 0.591. The number of pyridine rings is 1. The number of anilines is 6. The van der Waals surface area contributed by atoms with Crippen LogP contribution in [0.3, 0.4) is 0 Å². The molecule has 0 radical (unpaired) electrons. The molecule has 5 heterocycles. The molecule has 0 saturated heterocycles. The molecule has 74 heavy (non-hydrogen) atoms. The largest absolute Gasteiger partial charge is 0.308 e. The van der Waals surface area contributed by atoms with Crippen molar-refractivity contribution in [3.63, 3.8) is 0 Å². The molecule has 10 aromatic carbocycles. The summed E-state index contributed by atoms with van der Waals surface area (Å²) in [6.07, 6.45) is 0. The van der Waals surface area contributed by atoms with Gasteiger partial charge in [-0.15, -0.1) is 0 Å². The van der Waals surface area contributed by atoms with Gasteiger partial charge >= 0.3 is 0 Å². The first-order valence-electron chi connectivity index (χ1n) is 26.0. The van der Waals surface area contributed by atoms with E-state index in [-0.39, 0.29) is 10.8 Å². The molecule has 0 aliphatic carbocycles. The highest BCUT2D eigenvalue weighted by molar-refractivity contribution is 6.36. The lowest BCUT2D eigenvalue weighted by Crippen LogP contribution is -2.15. The van der Waals surface area contributed by atoms with Crippen molar-refractivity contribution in [3.05, 3.63) is 223 Å². The maximum Gasteiger partial charge on any atom is 0.146 e. The summed E-state index contributed by atoms with van der Waals surface area (Å²) in [4.78, 5) is 11.0. The highest BCUT2D eigenvalue weighted by atomic mass is 15.2. The first-order chi connectivity index (χ1) is 36.0. The molecule has 0 atom stereocenters. The molecule has 0 bridgehead atoms. The molecular weight excluding hydrogens is 899 g/mol. The van der Waals surface area contributed by atoms with E-state index in [1.165, 1.54) is 81.5 Å². The van der Waals surface area contributed by atoms with Crippen LogP contribution in [-0.4, -0.2) is 13.8 Å². The molecular formula is C69H53N5. The molecule has 5 nitrogen and oxygen atoms in total. The van der Waals surface area contributed by atoms with E-state index in [4.69, 9.17) is 4.98 Å². The average molecular weight is 952 g/mol. The maximum absolute atomic E-state index is 6.13. The molecule has 0 spiro atoms. The molecule has 5 aromatic heterocycles. The minimum Gasteiger partial charge on any atom is -0.308 e. The molecule has 15 aromatic rings. The molecule has 0 unspecified atom stereocenters. The van der Waals surface area contributed by atoms with Gasteiger partial charge in [-0.25, -0.2) is 4.98 Å². The zero-order valence-electron chi connectivity index (χ0n) is 42.4. The van der Waals surface area contributed by atoms with Gasteiger partial charge in [0.1, 0.15) is 5.65 Å². The van der Waals surface area contributed by atoms with Crippen molar-refractivity contribution < 1.29 is 0 Å². The van der Waals surface area contributed by atoms with E-state index in [9.17, 15) is 0 Å². The van der Waals surface area contributed by atoms with E-state index in [0.29, 0.717) is 0 Å². The van der Waals surface area contributed by atoms with E-state index in [2.05, 4.69) is 272 Å². The summed E-state index contributed by atoms with van der Waals surface area (Å²) in [6.45, 7) is 14.0. The number of benzene rings is 10. The second-order valence-corrected chi connectivity index (χ2v) is 22.4. The summed E-state index contributed by atoms with van der Waals surface area (Å²) in [5.41, 5.74) is 16.8. The highest BCUT2D eigenvalue weighted by Gasteiger charge is 2.32. The van der Waals surface area contributed by atoms with Crippen molar-refractivity contribution in [2.24, 2.45) is 0 Å². The van der Waals surface area contributed by atoms with Crippen LogP contribution >= 0.6 is 0 Å². The molecule has 15 rings (SSSR count). The van der Waals surface area contributed by atoms with Crippen LogP contribution in [0.15, 0.2) is 212 Å². The predicted molar refractivity (Wildman–Crippen MR) is 315 cm³/mol. The quantitative estimate of drug-likeness (QED) is 0.166. The average Bonchev–Trinajstić information content (AvgIpc) is 4.24. The highest BCUT2D eigenvalue weighted by Crippen LogP contribution is 2.53. The van der Waals surface area contributed by atoms with Crippen LogP contribution in [0.25, 0.3) is 98.0 Å². The summed E-state index contributed by atoms with van der Waals surface area (Å²) in [6, 6.07) is 78.6. The Bertz CT molecular complexity index is 4630. The van der Waals surface area contributed by atoms with Gasteiger partial charge in [0.15, 0.2) is 0 Å². The Hall–Kier alpha value is -8.93. The van der Waals surface area contributed by atoms with Crippen LogP contribution in [0.2, 0.25) is 0 Å². The summed E-state index contributed by atoms with van der Waals surface area (Å²) in [5, 5.41) is 13.4. The van der Waals surface area contributed by atoms with Gasteiger partial charge in [-0.2, -0.15) is 0 Å². The van der Waals surface area contributed by atoms with Gasteiger partial charge in [0.2, 0.25) is 0 Å². The molecule has 0 fully saturated rings. The van der Waals surface area contributed by atoms with Crippen molar-refractivity contribution >= 4 is 132 Å². The number of nitrogens with zero attached hydrogens (tertiary/aromatic N) is 5. The Labute approximate surface area is 429 Å². The minimum atomic E-state index is -0.135. The SMILES string of the molecule is CC(C)(C)c1cc(N(c2ccccc2)c2ccccc2)c2c(c1)c1cc3ccccc3c3c4nc5c(cc4n2c13)c1cc2ccccc2c2c3cc(C(C)(C)C)cc(N(c4ccccc4)c4ccccc4)c3n5c12. The number of hydrogen-bond donors (Lipinski definition) is 0. The third-order valence-corrected chi connectivity index (χ3v) is 15.9. The normalized spacial score (nSPS) is 12.7. The summed E-state index contributed by atoms with van der Waals surface area (Å²) >= 11 is 0. The number of hydrogen-bond acceptors (Lipinski definition) is 3. The van der Waals surface area contributed by atoms with E-state index < -0.39 is 0 Å². The van der Waals surface area contributed by atoms with E-state index in [1.807, 2.05) is 0 Å². The number of fused-ring (bicyclic) bond motifs is 16. The Balaban J connectivity index is 1.17. The smallest absolute Gasteiger partial charge is 0.146 e. The molecule has 5 heteroatoms. The van der Waals surface area contributed by atoms with Gasteiger partial charge in [-0.05, 0) is 134 Å². The van der Waals surface area contributed by atoms with Crippen molar-refractivity contribution in [1.29, 1.82) is 0 Å². The fraction of sp³-hybridized carbons (Fsp3) is 0.116. The number of para-hydroxylation sites is 4. The third-order valence-electron chi connectivity index (χ3n) is 15.9. The first kappa shape index (κ1) is 42.7. The van der Waals surface area contributed by atoms with Crippen LogP contribution in [0.4, 0.5) is 34.1 Å². The van der Waals surface area contributed by atoms with Crippen LogP contribution < -0.4 is 9.80 Å². The fourth-order valence-electron chi connectivity index (χ4n) is 12.4. The van der Waals surface area contributed by atoms with Crippen LogP contribution in [-0.2, 0) is 10.8 Å². The van der Waals surface area contributed by atoms with Crippen molar-refractivity contribution in [3.8, 4) is 0 Å². The lowest BCUT2D eigenvalue weighted by atomic mass is 9.85. The molecule has 0 N–H and O–H groups in total. The van der Waals surface area contributed by atoms with Gasteiger partial charge < -0.3 is 14.2 Å². The molecule has 0 aliphatic rings. The number of rotatable bonds is 6. The van der Waals surface area contributed by atoms with Crippen LogP contribution in [0.5, 0.6) is 0 Å². The fourth-order valence-corrected chi connectivity index (χ4v) is 12.4. The van der Waals surface area contributed by atoms with E-state index >= 15 is 0 Å². The maximum atomic E-state index is 6.13. The Morgan fingerprint density at radius 1 is 0.338 bits per heavy atom. The summed E-state index contributed by atoms with van der Waals surface area (Å²) in [7, 11) is 0.